The van der Waals surface area contributed by atoms with Crippen molar-refractivity contribution in [3.05, 3.63) is 70.6 Å². The van der Waals surface area contributed by atoms with Crippen LogP contribution < -0.4 is 27.4 Å². The Morgan fingerprint density at radius 2 is 1.96 bits per heavy atom. The van der Waals surface area contributed by atoms with Crippen molar-refractivity contribution in [3.63, 3.8) is 0 Å². The van der Waals surface area contributed by atoms with Crippen LogP contribution >= 0.6 is 0 Å². The Morgan fingerprint density at radius 1 is 1.22 bits per heavy atom. The Kier molecular flexibility index (Phi) is 10.0. The Labute approximate surface area is 271 Å². The quantitative estimate of drug-likeness (QED) is 0.0576. The largest absolute Gasteiger partial charge is 0.463 e. The Morgan fingerprint density at radius 3 is 2.63 bits per heavy atom. The summed E-state index contributed by atoms with van der Waals surface area (Å²) in [5, 5.41) is 9.83. The highest BCUT2D eigenvalue weighted by molar-refractivity contribution is 6.32. The van der Waals surface area contributed by atoms with E-state index in [1.54, 1.807) is 31.3 Å². The lowest BCUT2D eigenvalue weighted by Gasteiger charge is -2.36. The van der Waals surface area contributed by atoms with Gasteiger partial charge in [0, 0.05) is 43.1 Å². The van der Waals surface area contributed by atoms with Gasteiger partial charge < -0.3 is 36.9 Å². The van der Waals surface area contributed by atoms with E-state index in [0.717, 1.165) is 43.4 Å². The number of esters is 1. The molecule has 2 aliphatic carbocycles. The zero-order chi connectivity index (χ0) is 33.1. The summed E-state index contributed by atoms with van der Waals surface area (Å²) in [6, 6.07) is 6.57. The summed E-state index contributed by atoms with van der Waals surface area (Å²) in [6.07, 6.45) is 10.4. The SMILES string of the molecule is CCN[C@@H]1CC[C@@H](CC)C[C@H]1COC(=O)[C@]12O[C@@]1(C/C=C(\C)C[C@@H](NC(N)=NC)C1=CCNC(N)=C1)C(=O)c1ccccc1C2=O. The third-order valence-corrected chi connectivity index (χ3v) is 10.0. The molecule has 0 radical (unpaired) electrons. The second kappa shape index (κ2) is 13.8. The van der Waals surface area contributed by atoms with Crippen molar-refractivity contribution < 1.29 is 23.9 Å². The van der Waals surface area contributed by atoms with Crippen molar-refractivity contribution in [3.8, 4) is 0 Å². The van der Waals surface area contributed by atoms with Crippen LogP contribution in [0.2, 0.25) is 0 Å². The molecule has 2 aliphatic heterocycles. The summed E-state index contributed by atoms with van der Waals surface area (Å²) in [6.45, 7) is 7.75. The number of hydrogen-bond acceptors (Lipinski definition) is 9. The van der Waals surface area contributed by atoms with E-state index in [-0.39, 0.29) is 53.9 Å². The summed E-state index contributed by atoms with van der Waals surface area (Å²) in [5.41, 5.74) is 10.7. The molecule has 6 atom stereocenters. The van der Waals surface area contributed by atoms with E-state index in [4.69, 9.17) is 20.9 Å². The number of nitrogens with zero attached hydrogens (tertiary/aromatic N) is 1. The lowest BCUT2D eigenvalue weighted by molar-refractivity contribution is -0.150. The fourth-order valence-electron chi connectivity index (χ4n) is 7.30. The molecule has 0 amide bonds. The minimum absolute atomic E-state index is 0.0385. The van der Waals surface area contributed by atoms with Gasteiger partial charge >= 0.3 is 5.97 Å². The molecule has 1 saturated heterocycles. The number of aliphatic imine (C=N–C) groups is 1. The molecule has 5 rings (SSSR count). The van der Waals surface area contributed by atoms with Crippen LogP contribution in [0.4, 0.5) is 0 Å². The van der Waals surface area contributed by atoms with E-state index >= 15 is 0 Å². The number of ether oxygens (including phenoxy) is 2. The molecule has 2 heterocycles. The minimum Gasteiger partial charge on any atom is -0.463 e. The van der Waals surface area contributed by atoms with Crippen molar-refractivity contribution in [1.82, 2.24) is 16.0 Å². The number of dihydropyridines is 1. The van der Waals surface area contributed by atoms with Crippen LogP contribution in [0.15, 0.2) is 64.5 Å². The van der Waals surface area contributed by atoms with Gasteiger partial charge in [0.1, 0.15) is 0 Å². The first-order chi connectivity index (χ1) is 22.1. The molecule has 11 nitrogen and oxygen atoms in total. The third kappa shape index (κ3) is 6.22. The van der Waals surface area contributed by atoms with Crippen molar-refractivity contribution in [1.29, 1.82) is 0 Å². The smallest absolute Gasteiger partial charge is 0.350 e. The molecule has 0 unspecified atom stereocenters. The van der Waals surface area contributed by atoms with E-state index in [2.05, 4.69) is 34.8 Å². The van der Waals surface area contributed by atoms with Gasteiger partial charge in [-0.25, -0.2) is 4.79 Å². The van der Waals surface area contributed by atoms with Crippen LogP contribution in [0.5, 0.6) is 0 Å². The minimum atomic E-state index is -2.01. The Bertz CT molecular complexity index is 1480. The summed E-state index contributed by atoms with van der Waals surface area (Å²) in [7, 11) is 1.60. The first-order valence-corrected chi connectivity index (χ1v) is 16.4. The van der Waals surface area contributed by atoms with E-state index in [9.17, 15) is 14.4 Å². The molecular weight excluding hydrogens is 584 g/mol. The number of ketones is 2. The van der Waals surface area contributed by atoms with E-state index in [1.807, 2.05) is 25.2 Å². The molecule has 1 aromatic carbocycles. The van der Waals surface area contributed by atoms with Crippen molar-refractivity contribution in [2.75, 3.05) is 26.7 Å². The number of carbonyl (C=O) groups excluding carboxylic acids is 3. The van der Waals surface area contributed by atoms with Gasteiger partial charge in [0.2, 0.25) is 5.78 Å². The van der Waals surface area contributed by atoms with Crippen LogP contribution in [0.3, 0.4) is 0 Å². The highest BCUT2D eigenvalue weighted by atomic mass is 16.7. The van der Waals surface area contributed by atoms with Crippen molar-refractivity contribution in [2.45, 2.75) is 82.6 Å². The van der Waals surface area contributed by atoms with Crippen molar-refractivity contribution in [2.24, 2.45) is 28.3 Å². The van der Waals surface area contributed by atoms with Crippen LogP contribution in [0.1, 0.15) is 80.0 Å². The normalized spacial score (nSPS) is 29.9. The highest BCUT2D eigenvalue weighted by Crippen LogP contribution is 2.58. The topological polar surface area (TPSA) is 173 Å². The summed E-state index contributed by atoms with van der Waals surface area (Å²) < 4.78 is 12.1. The van der Waals surface area contributed by atoms with Gasteiger partial charge in [0.25, 0.3) is 5.60 Å². The second-order valence-corrected chi connectivity index (χ2v) is 12.9. The maximum absolute atomic E-state index is 14.1. The monoisotopic (exact) mass is 632 g/mol. The number of guanidine groups is 1. The second-order valence-electron chi connectivity index (χ2n) is 12.9. The average molecular weight is 633 g/mol. The molecule has 1 saturated carbocycles. The number of carbonyl (C=O) groups is 3. The molecule has 0 spiro atoms. The van der Waals surface area contributed by atoms with Gasteiger partial charge in [-0.15, -0.1) is 0 Å². The molecular formula is C35H48N6O5. The maximum Gasteiger partial charge on any atom is 0.350 e. The number of benzene rings is 1. The van der Waals surface area contributed by atoms with E-state index in [1.165, 1.54) is 0 Å². The zero-order valence-corrected chi connectivity index (χ0v) is 27.4. The zero-order valence-electron chi connectivity index (χ0n) is 27.4. The average Bonchev–Trinajstić information content (AvgIpc) is 3.77. The number of fused-ring (bicyclic) bond motifs is 2. The van der Waals surface area contributed by atoms with Gasteiger partial charge in [-0.1, -0.05) is 62.3 Å². The van der Waals surface area contributed by atoms with E-state index in [0.29, 0.717) is 24.7 Å². The van der Waals surface area contributed by atoms with Crippen LogP contribution in [-0.4, -0.2) is 73.5 Å². The van der Waals surface area contributed by atoms with Gasteiger partial charge in [-0.2, -0.15) is 0 Å². The molecule has 1 aromatic rings. The molecule has 11 heteroatoms. The van der Waals surface area contributed by atoms with Gasteiger partial charge in [0.05, 0.1) is 18.5 Å². The molecule has 4 aliphatic rings. The molecule has 46 heavy (non-hydrogen) atoms. The van der Waals surface area contributed by atoms with Crippen molar-refractivity contribution >= 4 is 23.5 Å². The molecule has 0 bridgehead atoms. The predicted molar refractivity (Wildman–Crippen MR) is 177 cm³/mol. The predicted octanol–water partition coefficient (Wildman–Crippen LogP) is 2.88. The first-order valence-electron chi connectivity index (χ1n) is 16.4. The van der Waals surface area contributed by atoms with Crippen LogP contribution in [0, 0.1) is 11.8 Å². The van der Waals surface area contributed by atoms with Crippen LogP contribution in [-0.2, 0) is 14.3 Å². The van der Waals surface area contributed by atoms with Gasteiger partial charge in [-0.05, 0) is 56.7 Å². The summed E-state index contributed by atoms with van der Waals surface area (Å²) in [4.78, 5) is 46.1. The lowest BCUT2D eigenvalue weighted by Crippen LogP contribution is -2.51. The number of nitrogens with one attached hydrogen (secondary N) is 3. The third-order valence-electron chi connectivity index (χ3n) is 10.0. The van der Waals surface area contributed by atoms with Gasteiger partial charge in [0.15, 0.2) is 17.3 Å². The standard InChI is InChI=1S/C35H48N6O5/c1-5-22-11-12-27(39-6-2)24(18-22)20-45-32(44)35-31(43)26-10-8-7-9-25(26)30(42)34(35,46-35)15-13-21(3)17-28(41-33(37)38-4)23-14-16-40-29(36)19-23/h7-10,13-14,19,22,24,27-28,39-40H,5-6,11-12,15-18,20,36H2,1-4H3,(H3,37,38,41)/b21-13+/t22-,24+,27-,28-,34+,35+/m1/s1. The molecule has 248 valence electrons. The molecule has 7 N–H and O–H groups in total. The first kappa shape index (κ1) is 33.4. The van der Waals surface area contributed by atoms with E-state index < -0.39 is 23.0 Å². The number of hydrogen-bond donors (Lipinski definition) is 5. The number of nitrogens with two attached hydrogens (primary N) is 2. The Hall–Kier alpha value is -3.96. The molecule has 2 fully saturated rings. The van der Waals surface area contributed by atoms with Crippen LogP contribution in [0.25, 0.3) is 0 Å². The number of rotatable bonds is 12. The fourth-order valence-corrected chi connectivity index (χ4v) is 7.30. The Balaban J connectivity index is 1.39. The maximum atomic E-state index is 14.1. The fraction of sp³-hybridized carbons (Fsp3) is 0.543. The number of Topliss-reactive ketones (excluding diaryl/α,β-unsaturated/α-hetero) is 2. The highest BCUT2D eigenvalue weighted by Gasteiger charge is 2.85. The lowest BCUT2D eigenvalue weighted by atomic mass is 9.72. The summed E-state index contributed by atoms with van der Waals surface area (Å²) in [5.74, 6) is -0.184. The number of epoxide rings is 1. The van der Waals surface area contributed by atoms with Gasteiger partial charge in [-0.3, -0.25) is 14.6 Å². The summed E-state index contributed by atoms with van der Waals surface area (Å²) >= 11 is 0. The molecule has 0 aromatic heterocycles.